The molecule has 0 atom stereocenters. The molecule has 0 bridgehead atoms. The summed E-state index contributed by atoms with van der Waals surface area (Å²) in [7, 11) is 0. The molecule has 0 amide bonds. The largest absolute Gasteiger partial charge is 0.344 e. The number of aromatic nitrogens is 2. The van der Waals surface area contributed by atoms with E-state index in [1.54, 1.807) is 24.8 Å². The van der Waals surface area contributed by atoms with Gasteiger partial charge in [-0.1, -0.05) is 30.3 Å². The number of nitrogens with zero attached hydrogens (tertiary/aromatic N) is 3. The highest BCUT2D eigenvalue weighted by atomic mass is 15.0. The summed E-state index contributed by atoms with van der Waals surface area (Å²) in [4.78, 5) is 7.98. The van der Waals surface area contributed by atoms with Gasteiger partial charge in [0.2, 0.25) is 0 Å². The van der Waals surface area contributed by atoms with Crippen LogP contribution in [0.2, 0.25) is 0 Å². The minimum absolute atomic E-state index is 0.552. The van der Waals surface area contributed by atoms with Crippen LogP contribution in [0, 0.1) is 11.3 Å². The third-order valence-electron chi connectivity index (χ3n) is 2.13. The van der Waals surface area contributed by atoms with Gasteiger partial charge in [-0.25, -0.2) is 4.98 Å². The van der Waals surface area contributed by atoms with Crippen LogP contribution in [0.25, 0.3) is 5.57 Å². The Kier molecular flexibility index (Phi) is 3.46. The van der Waals surface area contributed by atoms with E-state index in [1.807, 2.05) is 30.3 Å². The quantitative estimate of drug-likeness (QED) is 0.810. The van der Waals surface area contributed by atoms with Gasteiger partial charge < -0.3 is 5.32 Å². The minimum Gasteiger partial charge on any atom is -0.344 e. The monoisotopic (exact) mass is 222 g/mol. The molecule has 4 nitrogen and oxygen atoms in total. The van der Waals surface area contributed by atoms with E-state index in [1.165, 1.54) is 0 Å². The van der Waals surface area contributed by atoms with Crippen molar-refractivity contribution in [3.8, 4) is 6.07 Å². The first-order valence-electron chi connectivity index (χ1n) is 5.08. The van der Waals surface area contributed by atoms with E-state index in [9.17, 15) is 0 Å². The molecule has 0 saturated carbocycles. The lowest BCUT2D eigenvalue weighted by atomic mass is 10.1. The van der Waals surface area contributed by atoms with Gasteiger partial charge in [-0.05, 0) is 5.56 Å². The maximum atomic E-state index is 9.06. The fraction of sp³-hybridized carbons (Fsp3) is 0. The average molecular weight is 222 g/mol. The van der Waals surface area contributed by atoms with Gasteiger partial charge in [0.1, 0.15) is 11.9 Å². The molecular formula is C13H10N4. The smallest absolute Gasteiger partial charge is 0.148 e. The van der Waals surface area contributed by atoms with E-state index in [0.717, 1.165) is 5.56 Å². The highest BCUT2D eigenvalue weighted by molar-refractivity contribution is 5.77. The van der Waals surface area contributed by atoms with Crippen LogP contribution >= 0.6 is 0 Å². The van der Waals surface area contributed by atoms with Crippen molar-refractivity contribution in [1.29, 1.82) is 5.26 Å². The Balaban J connectivity index is 2.18. The fourth-order valence-electron chi connectivity index (χ4n) is 1.32. The van der Waals surface area contributed by atoms with Gasteiger partial charge in [0, 0.05) is 18.6 Å². The first kappa shape index (κ1) is 10.8. The van der Waals surface area contributed by atoms with Crippen LogP contribution in [0.15, 0.2) is 55.1 Å². The van der Waals surface area contributed by atoms with E-state index in [-0.39, 0.29) is 0 Å². The molecule has 2 aromatic rings. The first-order chi connectivity index (χ1) is 8.40. The minimum atomic E-state index is 0.552. The van der Waals surface area contributed by atoms with Gasteiger partial charge in [-0.3, -0.25) is 4.98 Å². The molecule has 1 N–H and O–H groups in total. The summed E-state index contributed by atoms with van der Waals surface area (Å²) in [5, 5.41) is 12.0. The molecule has 82 valence electrons. The number of anilines is 1. The lowest BCUT2D eigenvalue weighted by Gasteiger charge is -2.00. The molecule has 0 spiro atoms. The summed E-state index contributed by atoms with van der Waals surface area (Å²) in [5.41, 5.74) is 1.42. The molecule has 1 heterocycles. The Hall–Kier alpha value is -2.67. The van der Waals surface area contributed by atoms with Gasteiger partial charge in [-0.2, -0.15) is 5.26 Å². The van der Waals surface area contributed by atoms with E-state index in [4.69, 9.17) is 5.26 Å². The third kappa shape index (κ3) is 2.89. The molecule has 1 aromatic heterocycles. The van der Waals surface area contributed by atoms with Crippen LogP contribution in [0.1, 0.15) is 5.56 Å². The van der Waals surface area contributed by atoms with Gasteiger partial charge in [-0.15, -0.1) is 0 Å². The second-order valence-corrected chi connectivity index (χ2v) is 3.27. The van der Waals surface area contributed by atoms with E-state index in [2.05, 4.69) is 21.4 Å². The fourth-order valence-corrected chi connectivity index (χ4v) is 1.32. The van der Waals surface area contributed by atoms with Gasteiger partial charge in [0.05, 0.1) is 11.8 Å². The van der Waals surface area contributed by atoms with Crippen molar-refractivity contribution in [2.24, 2.45) is 0 Å². The van der Waals surface area contributed by atoms with Crippen LogP contribution in [0.5, 0.6) is 0 Å². The Bertz CT molecular complexity index is 541. The molecule has 17 heavy (non-hydrogen) atoms. The summed E-state index contributed by atoms with van der Waals surface area (Å²) < 4.78 is 0. The SMILES string of the molecule is N#CC(=CNc1cnccn1)c1ccccc1. The van der Waals surface area contributed by atoms with Crippen LogP contribution in [-0.2, 0) is 0 Å². The average Bonchev–Trinajstić information content (AvgIpc) is 2.42. The summed E-state index contributed by atoms with van der Waals surface area (Å²) in [5.74, 6) is 0.608. The summed E-state index contributed by atoms with van der Waals surface area (Å²) in [6, 6.07) is 11.6. The van der Waals surface area contributed by atoms with Crippen molar-refractivity contribution in [2.75, 3.05) is 5.32 Å². The molecule has 0 aliphatic rings. The number of nitrogens with one attached hydrogen (secondary N) is 1. The maximum Gasteiger partial charge on any atom is 0.148 e. The normalized spacial score (nSPS) is 10.6. The van der Waals surface area contributed by atoms with Crippen molar-refractivity contribution >= 4 is 11.4 Å². The number of hydrogen-bond acceptors (Lipinski definition) is 4. The first-order valence-corrected chi connectivity index (χ1v) is 5.08. The predicted molar refractivity (Wildman–Crippen MR) is 65.7 cm³/mol. The van der Waals surface area contributed by atoms with Crippen LogP contribution in [0.4, 0.5) is 5.82 Å². The second kappa shape index (κ2) is 5.42. The lowest BCUT2D eigenvalue weighted by Crippen LogP contribution is -1.93. The number of nitriles is 1. The molecule has 0 saturated heterocycles. The van der Waals surface area contributed by atoms with Gasteiger partial charge in [0.25, 0.3) is 0 Å². The Morgan fingerprint density at radius 3 is 2.71 bits per heavy atom. The predicted octanol–water partition coefficient (Wildman–Crippen LogP) is 2.45. The Morgan fingerprint density at radius 1 is 1.24 bits per heavy atom. The molecule has 1 aromatic carbocycles. The number of benzene rings is 1. The van der Waals surface area contributed by atoms with Crippen LogP contribution < -0.4 is 5.32 Å². The van der Waals surface area contributed by atoms with Gasteiger partial charge in [0.15, 0.2) is 0 Å². The van der Waals surface area contributed by atoms with Crippen molar-refractivity contribution in [1.82, 2.24) is 9.97 Å². The topological polar surface area (TPSA) is 61.6 Å². The number of rotatable bonds is 3. The highest BCUT2D eigenvalue weighted by Gasteiger charge is 1.98. The van der Waals surface area contributed by atoms with Crippen molar-refractivity contribution in [2.45, 2.75) is 0 Å². The summed E-state index contributed by atoms with van der Waals surface area (Å²) in [6.07, 6.45) is 6.40. The zero-order valence-corrected chi connectivity index (χ0v) is 9.04. The zero-order chi connectivity index (χ0) is 11.9. The molecule has 0 radical (unpaired) electrons. The second-order valence-electron chi connectivity index (χ2n) is 3.27. The summed E-state index contributed by atoms with van der Waals surface area (Å²) in [6.45, 7) is 0. The maximum absolute atomic E-state index is 9.06. The Morgan fingerprint density at radius 2 is 2.06 bits per heavy atom. The van der Waals surface area contributed by atoms with E-state index in [0.29, 0.717) is 11.4 Å². The number of hydrogen-bond donors (Lipinski definition) is 1. The molecule has 0 aliphatic carbocycles. The molecule has 0 unspecified atom stereocenters. The summed E-state index contributed by atoms with van der Waals surface area (Å²) >= 11 is 0. The van der Waals surface area contributed by atoms with Crippen molar-refractivity contribution < 1.29 is 0 Å². The van der Waals surface area contributed by atoms with Gasteiger partial charge >= 0.3 is 0 Å². The molecule has 0 aliphatic heterocycles. The van der Waals surface area contributed by atoms with Crippen molar-refractivity contribution in [3.05, 3.63) is 60.7 Å². The number of allylic oxidation sites excluding steroid dienone is 1. The van der Waals surface area contributed by atoms with E-state index >= 15 is 0 Å². The Labute approximate surface area is 99.3 Å². The standard InChI is InChI=1S/C13H10N4/c14-8-12(11-4-2-1-3-5-11)9-17-13-10-15-6-7-16-13/h1-7,9-10H,(H,16,17). The van der Waals surface area contributed by atoms with Crippen LogP contribution in [-0.4, -0.2) is 9.97 Å². The molecule has 0 fully saturated rings. The van der Waals surface area contributed by atoms with Crippen molar-refractivity contribution in [3.63, 3.8) is 0 Å². The van der Waals surface area contributed by atoms with Crippen LogP contribution in [0.3, 0.4) is 0 Å². The lowest BCUT2D eigenvalue weighted by molar-refractivity contribution is 1.20. The third-order valence-corrected chi connectivity index (χ3v) is 2.13. The molecular weight excluding hydrogens is 212 g/mol. The van der Waals surface area contributed by atoms with E-state index < -0.39 is 0 Å². The molecule has 4 heteroatoms. The molecule has 2 rings (SSSR count). The highest BCUT2D eigenvalue weighted by Crippen LogP contribution is 2.12. The zero-order valence-electron chi connectivity index (χ0n) is 9.04.